The first kappa shape index (κ1) is 17.9. The van der Waals surface area contributed by atoms with Crippen molar-refractivity contribution < 1.29 is 17.9 Å². The first-order chi connectivity index (χ1) is 12.4. The molecular weight excluding hydrogens is 341 g/mol. The van der Waals surface area contributed by atoms with Gasteiger partial charge in [0.25, 0.3) is 0 Å². The molecular formula is C20H17F3N2O. The monoisotopic (exact) mass is 358 g/mol. The third-order valence-corrected chi connectivity index (χ3v) is 3.81. The number of nitrogens with zero attached hydrogens (tertiary/aromatic N) is 2. The van der Waals surface area contributed by atoms with Crippen LogP contribution < -0.4 is 4.74 Å². The second-order valence-corrected chi connectivity index (χ2v) is 5.81. The van der Waals surface area contributed by atoms with Crippen molar-refractivity contribution in [3.8, 4) is 28.3 Å². The maximum absolute atomic E-state index is 12.2. The van der Waals surface area contributed by atoms with Gasteiger partial charge in [-0.3, -0.25) is 0 Å². The quantitative estimate of drug-likeness (QED) is 0.590. The highest BCUT2D eigenvalue weighted by Crippen LogP contribution is 2.27. The zero-order chi connectivity index (χ0) is 18.6. The summed E-state index contributed by atoms with van der Waals surface area (Å²) in [5.74, 6) is 0.406. The summed E-state index contributed by atoms with van der Waals surface area (Å²) in [6, 6.07) is 13.3. The van der Waals surface area contributed by atoms with Gasteiger partial charge in [0, 0.05) is 18.0 Å². The summed E-state index contributed by atoms with van der Waals surface area (Å²) < 4.78 is 40.5. The van der Waals surface area contributed by atoms with Gasteiger partial charge in [-0.05, 0) is 35.2 Å². The summed E-state index contributed by atoms with van der Waals surface area (Å²) >= 11 is 0. The number of hydrogen-bond donors (Lipinski definition) is 0. The maximum atomic E-state index is 12.2. The molecule has 0 aliphatic rings. The average Bonchev–Trinajstić information content (AvgIpc) is 2.62. The first-order valence-electron chi connectivity index (χ1n) is 8.22. The molecule has 0 atom stereocenters. The zero-order valence-electron chi connectivity index (χ0n) is 14.1. The number of halogens is 3. The van der Waals surface area contributed by atoms with Crippen LogP contribution in [0.15, 0.2) is 60.9 Å². The highest BCUT2D eigenvalue weighted by molar-refractivity contribution is 5.68. The van der Waals surface area contributed by atoms with Crippen molar-refractivity contribution in [3.63, 3.8) is 0 Å². The van der Waals surface area contributed by atoms with E-state index in [2.05, 4.69) is 21.6 Å². The van der Waals surface area contributed by atoms with Crippen LogP contribution in [0.2, 0.25) is 0 Å². The molecule has 1 heterocycles. The molecule has 0 N–H and O–H groups in total. The zero-order valence-corrected chi connectivity index (χ0v) is 14.1. The molecule has 26 heavy (non-hydrogen) atoms. The Balaban J connectivity index is 1.74. The number of alkyl halides is 3. The van der Waals surface area contributed by atoms with Crippen LogP contribution in [0.25, 0.3) is 22.5 Å². The minimum Gasteiger partial charge on any atom is -0.406 e. The molecule has 3 rings (SSSR count). The molecule has 0 spiro atoms. The van der Waals surface area contributed by atoms with Crippen LogP contribution in [0.4, 0.5) is 13.2 Å². The molecule has 6 heteroatoms. The van der Waals surface area contributed by atoms with Crippen molar-refractivity contribution in [3.05, 3.63) is 66.5 Å². The summed E-state index contributed by atoms with van der Waals surface area (Å²) in [7, 11) is 0. The third-order valence-electron chi connectivity index (χ3n) is 3.81. The fourth-order valence-electron chi connectivity index (χ4n) is 2.58. The maximum Gasteiger partial charge on any atom is 0.573 e. The van der Waals surface area contributed by atoms with Crippen LogP contribution in [0.3, 0.4) is 0 Å². The molecule has 3 nitrogen and oxygen atoms in total. The van der Waals surface area contributed by atoms with E-state index in [1.807, 2.05) is 36.7 Å². The van der Waals surface area contributed by atoms with E-state index in [9.17, 15) is 13.2 Å². The second-order valence-electron chi connectivity index (χ2n) is 5.81. The van der Waals surface area contributed by atoms with Gasteiger partial charge in [0.1, 0.15) is 5.75 Å². The van der Waals surface area contributed by atoms with Gasteiger partial charge in [0.05, 0.1) is 0 Å². The van der Waals surface area contributed by atoms with E-state index in [-0.39, 0.29) is 5.75 Å². The number of aromatic nitrogens is 2. The molecule has 0 radical (unpaired) electrons. The lowest BCUT2D eigenvalue weighted by atomic mass is 10.0. The highest BCUT2D eigenvalue weighted by atomic mass is 19.4. The van der Waals surface area contributed by atoms with Crippen LogP contribution in [0.1, 0.15) is 18.9 Å². The normalized spacial score (nSPS) is 11.4. The fraction of sp³-hybridized carbons (Fsp3) is 0.200. The minimum atomic E-state index is -4.68. The molecule has 0 amide bonds. The van der Waals surface area contributed by atoms with E-state index in [1.54, 1.807) is 12.1 Å². The van der Waals surface area contributed by atoms with Crippen molar-refractivity contribution in [2.45, 2.75) is 26.1 Å². The molecule has 1 aromatic heterocycles. The van der Waals surface area contributed by atoms with Gasteiger partial charge in [-0.1, -0.05) is 49.7 Å². The Morgan fingerprint density at radius 1 is 0.808 bits per heavy atom. The summed E-state index contributed by atoms with van der Waals surface area (Å²) in [4.78, 5) is 8.76. The predicted molar refractivity (Wildman–Crippen MR) is 93.6 cm³/mol. The molecule has 0 aliphatic carbocycles. The summed E-state index contributed by atoms with van der Waals surface area (Å²) in [5.41, 5.74) is 3.67. The van der Waals surface area contributed by atoms with Gasteiger partial charge in [0.2, 0.25) is 0 Å². The SMILES string of the molecule is CCCc1cnc(-c2ccc(-c3ccc(OC(F)(F)F)cc3)cc2)nc1. The van der Waals surface area contributed by atoms with E-state index in [0.29, 0.717) is 5.82 Å². The van der Waals surface area contributed by atoms with Crippen LogP contribution >= 0.6 is 0 Å². The fourth-order valence-corrected chi connectivity index (χ4v) is 2.58. The Morgan fingerprint density at radius 2 is 1.31 bits per heavy atom. The molecule has 0 unspecified atom stereocenters. The minimum absolute atomic E-state index is 0.238. The predicted octanol–water partition coefficient (Wildman–Crippen LogP) is 5.66. The largest absolute Gasteiger partial charge is 0.573 e. The van der Waals surface area contributed by atoms with E-state index >= 15 is 0 Å². The smallest absolute Gasteiger partial charge is 0.406 e. The van der Waals surface area contributed by atoms with Crippen molar-refractivity contribution in [2.75, 3.05) is 0 Å². The van der Waals surface area contributed by atoms with Crippen LogP contribution in [0, 0.1) is 0 Å². The second kappa shape index (κ2) is 7.56. The summed E-state index contributed by atoms with van der Waals surface area (Å²) in [6.45, 7) is 2.11. The standard InChI is InChI=1S/C20H17F3N2O/c1-2-3-14-12-24-19(25-13-14)17-6-4-15(5-7-17)16-8-10-18(11-9-16)26-20(21,22)23/h4-13H,2-3H2,1H3. The van der Waals surface area contributed by atoms with E-state index < -0.39 is 6.36 Å². The Labute approximate surface area is 149 Å². The van der Waals surface area contributed by atoms with E-state index in [1.165, 1.54) is 12.1 Å². The Morgan fingerprint density at radius 3 is 1.81 bits per heavy atom. The molecule has 0 bridgehead atoms. The van der Waals surface area contributed by atoms with Crippen molar-refractivity contribution in [1.29, 1.82) is 0 Å². The van der Waals surface area contributed by atoms with E-state index in [4.69, 9.17) is 0 Å². The number of benzene rings is 2. The van der Waals surface area contributed by atoms with Crippen LogP contribution in [-0.4, -0.2) is 16.3 Å². The van der Waals surface area contributed by atoms with Gasteiger partial charge in [-0.25, -0.2) is 9.97 Å². The summed E-state index contributed by atoms with van der Waals surface area (Å²) in [6.07, 6.45) is 0.978. The van der Waals surface area contributed by atoms with Crippen LogP contribution in [0.5, 0.6) is 5.75 Å². The van der Waals surface area contributed by atoms with E-state index in [0.717, 1.165) is 35.1 Å². The molecule has 3 aromatic rings. The van der Waals surface area contributed by atoms with Gasteiger partial charge in [0.15, 0.2) is 5.82 Å². The number of ether oxygens (including phenoxy) is 1. The Hall–Kier alpha value is -2.89. The lowest BCUT2D eigenvalue weighted by molar-refractivity contribution is -0.274. The van der Waals surface area contributed by atoms with Crippen LogP contribution in [-0.2, 0) is 6.42 Å². The topological polar surface area (TPSA) is 35.0 Å². The molecule has 0 fully saturated rings. The van der Waals surface area contributed by atoms with Gasteiger partial charge < -0.3 is 4.74 Å². The third kappa shape index (κ3) is 4.59. The lowest BCUT2D eigenvalue weighted by Crippen LogP contribution is -2.16. The molecule has 0 saturated carbocycles. The Bertz CT molecular complexity index is 842. The Kier molecular flexibility index (Phi) is 5.21. The molecule has 134 valence electrons. The lowest BCUT2D eigenvalue weighted by Gasteiger charge is -2.09. The van der Waals surface area contributed by atoms with Gasteiger partial charge in [-0.2, -0.15) is 0 Å². The highest BCUT2D eigenvalue weighted by Gasteiger charge is 2.30. The van der Waals surface area contributed by atoms with Crippen molar-refractivity contribution in [2.24, 2.45) is 0 Å². The molecule has 0 aliphatic heterocycles. The number of hydrogen-bond acceptors (Lipinski definition) is 3. The number of aryl methyl sites for hydroxylation is 1. The summed E-state index contributed by atoms with van der Waals surface area (Å²) in [5, 5.41) is 0. The molecule has 0 saturated heterocycles. The number of rotatable bonds is 5. The van der Waals surface area contributed by atoms with Crippen molar-refractivity contribution >= 4 is 0 Å². The first-order valence-corrected chi connectivity index (χ1v) is 8.22. The van der Waals surface area contributed by atoms with Gasteiger partial charge in [-0.15, -0.1) is 13.2 Å². The van der Waals surface area contributed by atoms with Crippen molar-refractivity contribution in [1.82, 2.24) is 9.97 Å². The molecule has 2 aromatic carbocycles. The average molecular weight is 358 g/mol. The van der Waals surface area contributed by atoms with Gasteiger partial charge >= 0.3 is 6.36 Å².